The van der Waals surface area contributed by atoms with Gasteiger partial charge in [-0.1, -0.05) is 0 Å². The summed E-state index contributed by atoms with van der Waals surface area (Å²) in [4.78, 5) is 0. The van der Waals surface area contributed by atoms with E-state index in [0.29, 0.717) is 6.61 Å². The third-order valence-electron chi connectivity index (χ3n) is 2.35. The molecule has 0 fully saturated rings. The van der Waals surface area contributed by atoms with E-state index in [0.717, 1.165) is 28.2 Å². The topological polar surface area (TPSA) is 9.23 Å². The third kappa shape index (κ3) is 3.94. The number of hydrogen-bond acceptors (Lipinski definition) is 1. The number of rotatable bonds is 6. The summed E-state index contributed by atoms with van der Waals surface area (Å²) in [5.74, 6) is 0. The summed E-state index contributed by atoms with van der Waals surface area (Å²) in [7, 11) is 14.8. The Balaban J connectivity index is 2.91. The van der Waals surface area contributed by atoms with Crippen molar-refractivity contribution in [2.75, 3.05) is 7.11 Å². The van der Waals surface area contributed by atoms with Crippen LogP contribution in [0, 0.1) is 0 Å². The first-order chi connectivity index (χ1) is 7.61. The molecule has 0 bridgehead atoms. The molecular formula is C12H18Cl2OSe. The Morgan fingerprint density at radius 3 is 2.56 bits per heavy atom. The fourth-order valence-electron chi connectivity index (χ4n) is 1.51. The van der Waals surface area contributed by atoms with Gasteiger partial charge in [-0.15, -0.1) is 0 Å². The van der Waals surface area contributed by atoms with Crippen molar-refractivity contribution in [2.45, 2.75) is 31.7 Å². The zero-order chi connectivity index (χ0) is 12.0. The van der Waals surface area contributed by atoms with Crippen LogP contribution in [-0.2, 0) is 11.3 Å². The van der Waals surface area contributed by atoms with E-state index in [9.17, 15) is 0 Å². The van der Waals surface area contributed by atoms with E-state index in [1.54, 1.807) is 7.11 Å². The summed E-state index contributed by atoms with van der Waals surface area (Å²) >= 11 is -2.51. The molecule has 1 aromatic rings. The van der Waals surface area contributed by atoms with Crippen LogP contribution in [0.1, 0.15) is 25.3 Å². The molecule has 0 radical (unpaired) electrons. The zero-order valence-corrected chi connectivity index (χ0v) is 12.9. The molecule has 0 spiro atoms. The monoisotopic (exact) mass is 328 g/mol. The number of methoxy groups -OCH3 is 1. The Hall–Kier alpha value is 0.279. The van der Waals surface area contributed by atoms with Gasteiger partial charge in [0.2, 0.25) is 0 Å². The second-order valence-corrected chi connectivity index (χ2v) is 14.2. The number of unbranched alkanes of at least 4 members (excludes halogenated alkanes) is 1. The fourth-order valence-corrected chi connectivity index (χ4v) is 7.69. The molecular weight excluding hydrogens is 310 g/mol. The molecule has 0 aliphatic rings. The molecule has 0 unspecified atom stereocenters. The molecule has 0 amide bonds. The van der Waals surface area contributed by atoms with Crippen molar-refractivity contribution in [1.82, 2.24) is 0 Å². The first-order valence-corrected chi connectivity index (χ1v) is 12.0. The average molecular weight is 328 g/mol. The van der Waals surface area contributed by atoms with Crippen LogP contribution in [0.25, 0.3) is 0 Å². The van der Waals surface area contributed by atoms with Gasteiger partial charge in [-0.3, -0.25) is 0 Å². The van der Waals surface area contributed by atoms with Gasteiger partial charge in [0.05, 0.1) is 0 Å². The van der Waals surface area contributed by atoms with E-state index in [1.165, 1.54) is 0 Å². The van der Waals surface area contributed by atoms with E-state index >= 15 is 0 Å². The van der Waals surface area contributed by atoms with E-state index < -0.39 is 11.0 Å². The maximum atomic E-state index is 6.55. The third-order valence-corrected chi connectivity index (χ3v) is 9.55. The standard InChI is InChI=1S/C12H18Cl2OSe/c1-3-4-9-16(13,14)12-8-6-5-7-11(12)10-15-2/h5-8H,3-4,9-10H2,1-2H3. The van der Waals surface area contributed by atoms with Crippen LogP contribution in [0.3, 0.4) is 0 Å². The number of benzene rings is 1. The number of halogens is 2. The van der Waals surface area contributed by atoms with Crippen molar-refractivity contribution in [3.63, 3.8) is 0 Å². The molecule has 1 nitrogen and oxygen atoms in total. The van der Waals surface area contributed by atoms with Crippen molar-refractivity contribution < 1.29 is 4.74 Å². The summed E-state index contributed by atoms with van der Waals surface area (Å²) < 4.78 is 6.30. The SMILES string of the molecule is CCCC[Se](Cl)(Cl)c1ccccc1COC. The Morgan fingerprint density at radius 2 is 1.94 bits per heavy atom. The second-order valence-electron chi connectivity index (χ2n) is 3.67. The van der Waals surface area contributed by atoms with Crippen molar-refractivity contribution in [2.24, 2.45) is 0 Å². The predicted molar refractivity (Wildman–Crippen MR) is 74.0 cm³/mol. The van der Waals surface area contributed by atoms with Gasteiger partial charge in [-0.05, 0) is 0 Å². The van der Waals surface area contributed by atoms with E-state index in [2.05, 4.69) is 6.92 Å². The first-order valence-electron chi connectivity index (χ1n) is 5.39. The molecule has 1 aromatic carbocycles. The Kier molecular flexibility index (Phi) is 6.17. The minimum absolute atomic E-state index is 0.584. The molecule has 0 heterocycles. The summed E-state index contributed by atoms with van der Waals surface area (Å²) in [6.07, 6.45) is 2.22. The van der Waals surface area contributed by atoms with Gasteiger partial charge in [0.1, 0.15) is 0 Å². The Bertz CT molecular complexity index is 329. The van der Waals surface area contributed by atoms with Gasteiger partial charge >= 0.3 is 109 Å². The summed E-state index contributed by atoms with van der Waals surface area (Å²) in [5, 5.41) is 0.927. The van der Waals surface area contributed by atoms with E-state index in [4.69, 9.17) is 24.9 Å². The van der Waals surface area contributed by atoms with Crippen LogP contribution >= 0.6 is 20.2 Å². The van der Waals surface area contributed by atoms with Crippen molar-refractivity contribution in [3.8, 4) is 0 Å². The van der Waals surface area contributed by atoms with Crippen molar-refractivity contribution >= 4 is 35.7 Å². The molecule has 0 atom stereocenters. The van der Waals surface area contributed by atoms with Gasteiger partial charge in [0.25, 0.3) is 0 Å². The molecule has 0 aliphatic carbocycles. The number of ether oxygens (including phenoxy) is 1. The number of hydrogen-bond donors (Lipinski definition) is 0. The summed E-state index contributed by atoms with van der Waals surface area (Å²) in [6, 6.07) is 8.09. The van der Waals surface area contributed by atoms with Crippen molar-refractivity contribution in [1.29, 1.82) is 0 Å². The van der Waals surface area contributed by atoms with Crippen LogP contribution in [0.5, 0.6) is 0 Å². The van der Waals surface area contributed by atoms with Gasteiger partial charge in [0.15, 0.2) is 0 Å². The molecule has 1 rings (SSSR count). The predicted octanol–water partition coefficient (Wildman–Crippen LogP) is 3.76. The fraction of sp³-hybridized carbons (Fsp3) is 0.500. The summed E-state index contributed by atoms with van der Waals surface area (Å²) in [6.45, 7) is 2.74. The molecule has 92 valence electrons. The van der Waals surface area contributed by atoms with E-state index in [1.807, 2.05) is 24.3 Å². The van der Waals surface area contributed by atoms with Gasteiger partial charge < -0.3 is 0 Å². The summed E-state index contributed by atoms with van der Waals surface area (Å²) in [5.41, 5.74) is 1.13. The molecule has 4 heteroatoms. The van der Waals surface area contributed by atoms with Gasteiger partial charge in [0, 0.05) is 0 Å². The van der Waals surface area contributed by atoms with Crippen LogP contribution < -0.4 is 4.46 Å². The normalized spacial score (nSPS) is 12.8. The quantitative estimate of drug-likeness (QED) is 0.723. The van der Waals surface area contributed by atoms with Crippen LogP contribution in [0.2, 0.25) is 5.32 Å². The molecule has 0 N–H and O–H groups in total. The Labute approximate surface area is 109 Å². The van der Waals surface area contributed by atoms with Crippen molar-refractivity contribution in [3.05, 3.63) is 29.8 Å². The minimum atomic E-state index is -2.51. The average Bonchev–Trinajstić information content (AvgIpc) is 2.27. The molecule has 0 aliphatic heterocycles. The van der Waals surface area contributed by atoms with E-state index in [-0.39, 0.29) is 0 Å². The maximum absolute atomic E-state index is 6.55. The molecule has 16 heavy (non-hydrogen) atoms. The van der Waals surface area contributed by atoms with Gasteiger partial charge in [-0.25, -0.2) is 0 Å². The Morgan fingerprint density at radius 1 is 1.25 bits per heavy atom. The molecule has 0 aromatic heterocycles. The zero-order valence-electron chi connectivity index (χ0n) is 9.71. The van der Waals surface area contributed by atoms with Crippen LogP contribution in [0.4, 0.5) is 0 Å². The van der Waals surface area contributed by atoms with Gasteiger partial charge in [-0.2, -0.15) is 0 Å². The van der Waals surface area contributed by atoms with Crippen LogP contribution in [0.15, 0.2) is 24.3 Å². The second kappa shape index (κ2) is 6.88. The van der Waals surface area contributed by atoms with Crippen LogP contribution in [-0.4, -0.2) is 18.1 Å². The first kappa shape index (κ1) is 14.3. The molecule has 0 saturated heterocycles. The molecule has 0 saturated carbocycles.